The van der Waals surface area contributed by atoms with E-state index in [2.05, 4.69) is 9.97 Å². The van der Waals surface area contributed by atoms with Crippen LogP contribution in [0.1, 0.15) is 5.69 Å². The number of anilines is 1. The number of methoxy groups -OCH3 is 3. The van der Waals surface area contributed by atoms with Gasteiger partial charge in [0.25, 0.3) is 0 Å². The first-order valence-corrected chi connectivity index (χ1v) is 5.73. The van der Waals surface area contributed by atoms with Crippen molar-refractivity contribution in [2.45, 2.75) is 6.92 Å². The molecule has 0 aliphatic heterocycles. The number of nitrogens with two attached hydrogens (primary N) is 1. The quantitative estimate of drug-likeness (QED) is 0.881. The van der Waals surface area contributed by atoms with Gasteiger partial charge in [-0.05, 0) is 19.1 Å². The van der Waals surface area contributed by atoms with Crippen molar-refractivity contribution >= 4 is 5.95 Å². The zero-order chi connectivity index (χ0) is 14.0. The number of hydrogen-bond donors (Lipinski definition) is 2. The van der Waals surface area contributed by atoms with E-state index in [9.17, 15) is 0 Å². The Balaban J connectivity index is 2.62. The zero-order valence-corrected chi connectivity index (χ0v) is 11.4. The molecule has 0 spiro atoms. The average molecular weight is 263 g/mol. The molecule has 0 aliphatic rings. The van der Waals surface area contributed by atoms with Crippen molar-refractivity contribution in [1.29, 1.82) is 0 Å². The zero-order valence-electron chi connectivity index (χ0n) is 11.4. The number of aromatic nitrogens is 2. The Morgan fingerprint density at radius 2 is 1.63 bits per heavy atom. The SMILES string of the molecule is COc1cc(-c2nc(N)[nH]c2C)cc(OC)c1OC. The van der Waals surface area contributed by atoms with Crippen LogP contribution in [-0.4, -0.2) is 31.3 Å². The van der Waals surface area contributed by atoms with Gasteiger partial charge in [-0.25, -0.2) is 4.98 Å². The molecule has 0 saturated carbocycles. The molecule has 0 fully saturated rings. The standard InChI is InChI=1S/C13H17N3O3/c1-7-11(16-13(14)15-7)8-5-9(17-2)12(19-4)10(6-8)18-3/h5-6H,1-4H3,(H3,14,15,16). The molecular formula is C13H17N3O3. The highest BCUT2D eigenvalue weighted by molar-refractivity contribution is 5.71. The van der Waals surface area contributed by atoms with E-state index in [0.29, 0.717) is 23.2 Å². The molecule has 0 saturated heterocycles. The highest BCUT2D eigenvalue weighted by Crippen LogP contribution is 2.41. The molecule has 6 nitrogen and oxygen atoms in total. The number of nitrogen functional groups attached to an aromatic ring is 1. The highest BCUT2D eigenvalue weighted by Gasteiger charge is 2.16. The fourth-order valence-electron chi connectivity index (χ4n) is 1.98. The maximum Gasteiger partial charge on any atom is 0.203 e. The number of rotatable bonds is 4. The van der Waals surface area contributed by atoms with Gasteiger partial charge in [-0.15, -0.1) is 0 Å². The fourth-order valence-corrected chi connectivity index (χ4v) is 1.98. The Hall–Kier alpha value is -2.37. The van der Waals surface area contributed by atoms with Gasteiger partial charge in [-0.1, -0.05) is 0 Å². The summed E-state index contributed by atoms with van der Waals surface area (Å²) >= 11 is 0. The Labute approximate surface area is 111 Å². The highest BCUT2D eigenvalue weighted by atomic mass is 16.5. The minimum atomic E-state index is 0.376. The largest absolute Gasteiger partial charge is 0.493 e. The second kappa shape index (κ2) is 5.09. The van der Waals surface area contributed by atoms with Crippen LogP contribution in [0.3, 0.4) is 0 Å². The Kier molecular flexibility index (Phi) is 3.50. The predicted molar refractivity (Wildman–Crippen MR) is 72.8 cm³/mol. The van der Waals surface area contributed by atoms with Gasteiger partial charge in [0.2, 0.25) is 5.75 Å². The summed E-state index contributed by atoms with van der Waals surface area (Å²) in [6, 6.07) is 3.67. The van der Waals surface area contributed by atoms with Crippen molar-refractivity contribution in [2.75, 3.05) is 27.1 Å². The van der Waals surface area contributed by atoms with E-state index in [4.69, 9.17) is 19.9 Å². The third kappa shape index (κ3) is 2.29. The van der Waals surface area contributed by atoms with Gasteiger partial charge >= 0.3 is 0 Å². The lowest BCUT2D eigenvalue weighted by molar-refractivity contribution is 0.324. The second-order valence-electron chi connectivity index (χ2n) is 4.01. The summed E-state index contributed by atoms with van der Waals surface area (Å²) in [5.74, 6) is 2.09. The van der Waals surface area contributed by atoms with Gasteiger partial charge in [0.05, 0.1) is 27.0 Å². The summed E-state index contributed by atoms with van der Waals surface area (Å²) in [5.41, 5.74) is 8.15. The molecule has 19 heavy (non-hydrogen) atoms. The smallest absolute Gasteiger partial charge is 0.203 e. The Bertz CT molecular complexity index is 568. The maximum atomic E-state index is 5.66. The van der Waals surface area contributed by atoms with Crippen LogP contribution in [0.5, 0.6) is 17.2 Å². The monoisotopic (exact) mass is 263 g/mol. The second-order valence-corrected chi connectivity index (χ2v) is 4.01. The summed E-state index contributed by atoms with van der Waals surface area (Å²) in [5, 5.41) is 0. The number of H-pyrrole nitrogens is 1. The number of nitrogens with zero attached hydrogens (tertiary/aromatic N) is 1. The number of ether oxygens (including phenoxy) is 3. The van der Waals surface area contributed by atoms with Gasteiger partial charge < -0.3 is 24.9 Å². The van der Waals surface area contributed by atoms with Crippen LogP contribution in [0.2, 0.25) is 0 Å². The van der Waals surface area contributed by atoms with E-state index in [1.165, 1.54) is 0 Å². The molecule has 6 heteroatoms. The molecule has 1 aromatic heterocycles. The van der Waals surface area contributed by atoms with Crippen molar-refractivity contribution in [2.24, 2.45) is 0 Å². The first kappa shape index (κ1) is 13.1. The number of nitrogens with one attached hydrogen (secondary N) is 1. The number of imidazole rings is 1. The lowest BCUT2D eigenvalue weighted by Gasteiger charge is -2.13. The van der Waals surface area contributed by atoms with Crippen LogP contribution in [0, 0.1) is 6.92 Å². The van der Waals surface area contributed by atoms with Crippen LogP contribution in [0.25, 0.3) is 11.3 Å². The van der Waals surface area contributed by atoms with E-state index in [0.717, 1.165) is 17.0 Å². The van der Waals surface area contributed by atoms with E-state index in [1.54, 1.807) is 21.3 Å². The van der Waals surface area contributed by atoms with Gasteiger partial charge in [-0.3, -0.25) is 0 Å². The van der Waals surface area contributed by atoms with Crippen molar-refractivity contribution in [3.63, 3.8) is 0 Å². The first-order valence-electron chi connectivity index (χ1n) is 5.73. The number of hydrogen-bond acceptors (Lipinski definition) is 5. The number of aryl methyl sites for hydroxylation is 1. The summed E-state index contributed by atoms with van der Waals surface area (Å²) in [6.07, 6.45) is 0. The van der Waals surface area contributed by atoms with Crippen LogP contribution in [-0.2, 0) is 0 Å². The maximum absolute atomic E-state index is 5.66. The van der Waals surface area contributed by atoms with E-state index >= 15 is 0 Å². The predicted octanol–water partition coefficient (Wildman–Crippen LogP) is 1.99. The van der Waals surface area contributed by atoms with Crippen molar-refractivity contribution in [3.8, 4) is 28.5 Å². The molecule has 102 valence electrons. The normalized spacial score (nSPS) is 10.3. The van der Waals surface area contributed by atoms with Gasteiger partial charge in [-0.2, -0.15) is 0 Å². The fraction of sp³-hybridized carbons (Fsp3) is 0.308. The molecule has 1 aromatic carbocycles. The van der Waals surface area contributed by atoms with Crippen molar-refractivity contribution in [1.82, 2.24) is 9.97 Å². The summed E-state index contributed by atoms with van der Waals surface area (Å²) in [4.78, 5) is 7.22. The summed E-state index contributed by atoms with van der Waals surface area (Å²) in [7, 11) is 4.72. The Morgan fingerprint density at radius 3 is 2.00 bits per heavy atom. The van der Waals surface area contributed by atoms with Gasteiger partial charge in [0.1, 0.15) is 0 Å². The molecule has 1 heterocycles. The van der Waals surface area contributed by atoms with Crippen molar-refractivity contribution in [3.05, 3.63) is 17.8 Å². The van der Waals surface area contributed by atoms with E-state index in [-0.39, 0.29) is 0 Å². The van der Waals surface area contributed by atoms with Crippen LogP contribution < -0.4 is 19.9 Å². The molecule has 2 rings (SSSR count). The average Bonchev–Trinajstić information content (AvgIpc) is 2.75. The lowest BCUT2D eigenvalue weighted by Crippen LogP contribution is -1.96. The Morgan fingerprint density at radius 1 is 1.05 bits per heavy atom. The molecule has 0 radical (unpaired) electrons. The summed E-state index contributed by atoms with van der Waals surface area (Å²) < 4.78 is 15.9. The summed E-state index contributed by atoms with van der Waals surface area (Å²) in [6.45, 7) is 1.90. The molecule has 3 N–H and O–H groups in total. The van der Waals surface area contributed by atoms with E-state index in [1.807, 2.05) is 19.1 Å². The number of benzene rings is 1. The molecule has 0 bridgehead atoms. The molecule has 0 unspecified atom stereocenters. The first-order chi connectivity index (χ1) is 9.10. The topological polar surface area (TPSA) is 82.4 Å². The van der Waals surface area contributed by atoms with Gasteiger partial charge in [0, 0.05) is 11.3 Å². The molecule has 0 atom stereocenters. The lowest BCUT2D eigenvalue weighted by atomic mass is 10.1. The van der Waals surface area contributed by atoms with Crippen molar-refractivity contribution < 1.29 is 14.2 Å². The van der Waals surface area contributed by atoms with Crippen LogP contribution >= 0.6 is 0 Å². The molecule has 2 aromatic rings. The number of aromatic amines is 1. The third-order valence-electron chi connectivity index (χ3n) is 2.84. The minimum Gasteiger partial charge on any atom is -0.493 e. The molecule has 0 aliphatic carbocycles. The van der Waals surface area contributed by atoms with Crippen LogP contribution in [0.15, 0.2) is 12.1 Å². The third-order valence-corrected chi connectivity index (χ3v) is 2.84. The van der Waals surface area contributed by atoms with E-state index < -0.39 is 0 Å². The molecule has 0 amide bonds. The molecular weight excluding hydrogens is 246 g/mol. The minimum absolute atomic E-state index is 0.376. The van der Waals surface area contributed by atoms with Gasteiger partial charge in [0.15, 0.2) is 17.4 Å². The van der Waals surface area contributed by atoms with Crippen LogP contribution in [0.4, 0.5) is 5.95 Å².